The van der Waals surface area contributed by atoms with Crippen LogP contribution in [0.15, 0.2) is 18.2 Å². The standard InChI is InChI=1S/C16H21N3O4/c17-15(20)12-4-6-19(10-12)16(21)18-5-3-11-1-2-13-14(9-11)23-8-7-22-13/h1-2,9,12H,3-8,10H2,(H2,17,20)(H,18,21)/t12-/m1/s1. The minimum atomic E-state index is -0.337. The first-order chi connectivity index (χ1) is 11.1. The molecule has 3 amide bonds. The van der Waals surface area contributed by atoms with Crippen molar-refractivity contribution in [1.29, 1.82) is 0 Å². The van der Waals surface area contributed by atoms with Crippen molar-refractivity contribution < 1.29 is 19.1 Å². The molecule has 7 nitrogen and oxygen atoms in total. The maximum Gasteiger partial charge on any atom is 0.317 e. The Balaban J connectivity index is 1.46. The van der Waals surface area contributed by atoms with Gasteiger partial charge in [-0.3, -0.25) is 4.79 Å². The summed E-state index contributed by atoms with van der Waals surface area (Å²) < 4.78 is 11.0. The fraction of sp³-hybridized carbons (Fsp3) is 0.500. The Morgan fingerprint density at radius 1 is 1.26 bits per heavy atom. The fourth-order valence-corrected chi connectivity index (χ4v) is 2.85. The molecule has 0 radical (unpaired) electrons. The third kappa shape index (κ3) is 3.67. The van der Waals surface area contributed by atoms with Gasteiger partial charge in [-0.05, 0) is 30.5 Å². The first-order valence-electron chi connectivity index (χ1n) is 7.84. The van der Waals surface area contributed by atoms with Gasteiger partial charge in [-0.1, -0.05) is 6.07 Å². The molecule has 2 aliphatic rings. The van der Waals surface area contributed by atoms with Crippen LogP contribution >= 0.6 is 0 Å². The van der Waals surface area contributed by atoms with E-state index in [2.05, 4.69) is 5.32 Å². The maximum atomic E-state index is 12.1. The molecule has 7 heteroatoms. The highest BCUT2D eigenvalue weighted by molar-refractivity contribution is 5.80. The number of urea groups is 1. The second kappa shape index (κ2) is 6.76. The molecule has 2 aliphatic heterocycles. The van der Waals surface area contributed by atoms with Crippen molar-refractivity contribution >= 4 is 11.9 Å². The van der Waals surface area contributed by atoms with Gasteiger partial charge >= 0.3 is 6.03 Å². The van der Waals surface area contributed by atoms with Gasteiger partial charge < -0.3 is 25.4 Å². The third-order valence-corrected chi connectivity index (χ3v) is 4.17. The highest BCUT2D eigenvalue weighted by Crippen LogP contribution is 2.30. The molecule has 0 bridgehead atoms. The molecule has 0 aromatic heterocycles. The van der Waals surface area contributed by atoms with Gasteiger partial charge in [0.05, 0.1) is 5.92 Å². The molecule has 3 rings (SSSR count). The van der Waals surface area contributed by atoms with Gasteiger partial charge in [-0.2, -0.15) is 0 Å². The lowest BCUT2D eigenvalue weighted by atomic mass is 10.1. The van der Waals surface area contributed by atoms with Gasteiger partial charge in [0.15, 0.2) is 11.5 Å². The number of hydrogen-bond acceptors (Lipinski definition) is 4. The summed E-state index contributed by atoms with van der Waals surface area (Å²) >= 11 is 0. The SMILES string of the molecule is NC(=O)[C@@H]1CCN(C(=O)NCCc2ccc3c(c2)OCCO3)C1. The first-order valence-corrected chi connectivity index (χ1v) is 7.84. The molecule has 0 unspecified atom stereocenters. The molecule has 1 aromatic carbocycles. The number of primary amides is 1. The number of hydrogen-bond donors (Lipinski definition) is 2. The molecular formula is C16H21N3O4. The number of amides is 3. The van der Waals surface area contributed by atoms with Crippen LogP contribution in [0, 0.1) is 5.92 Å². The summed E-state index contributed by atoms with van der Waals surface area (Å²) in [4.78, 5) is 24.8. The molecule has 3 N–H and O–H groups in total. The zero-order chi connectivity index (χ0) is 16.2. The van der Waals surface area contributed by atoms with Gasteiger partial charge in [0.25, 0.3) is 0 Å². The molecule has 23 heavy (non-hydrogen) atoms. The number of nitrogens with one attached hydrogen (secondary N) is 1. The number of rotatable bonds is 4. The van der Waals surface area contributed by atoms with Gasteiger partial charge in [0.2, 0.25) is 5.91 Å². The molecule has 1 fully saturated rings. The average molecular weight is 319 g/mol. The molecule has 2 heterocycles. The van der Waals surface area contributed by atoms with Gasteiger partial charge in [-0.25, -0.2) is 4.79 Å². The predicted molar refractivity (Wildman–Crippen MR) is 83.4 cm³/mol. The van der Waals surface area contributed by atoms with Crippen molar-refractivity contribution in [2.75, 3.05) is 32.8 Å². The number of benzene rings is 1. The van der Waals surface area contributed by atoms with Crippen LogP contribution in [0.4, 0.5) is 4.79 Å². The lowest BCUT2D eigenvalue weighted by Gasteiger charge is -2.19. The maximum absolute atomic E-state index is 12.1. The summed E-state index contributed by atoms with van der Waals surface area (Å²) in [7, 11) is 0. The van der Waals surface area contributed by atoms with Crippen LogP contribution in [0.1, 0.15) is 12.0 Å². The van der Waals surface area contributed by atoms with Crippen LogP contribution in [0.2, 0.25) is 0 Å². The average Bonchev–Trinajstić information content (AvgIpc) is 3.05. The summed E-state index contributed by atoms with van der Waals surface area (Å²) in [5.74, 6) is 0.956. The summed E-state index contributed by atoms with van der Waals surface area (Å²) in [5.41, 5.74) is 6.35. The van der Waals surface area contributed by atoms with E-state index in [9.17, 15) is 9.59 Å². The first kappa shape index (κ1) is 15.5. The number of carbonyl (C=O) groups excluding carboxylic acids is 2. The molecular weight excluding hydrogens is 298 g/mol. The number of likely N-dealkylation sites (tertiary alicyclic amines) is 1. The van der Waals surface area contributed by atoms with Crippen molar-refractivity contribution in [3.05, 3.63) is 23.8 Å². The Morgan fingerprint density at radius 2 is 2.04 bits per heavy atom. The van der Waals surface area contributed by atoms with Crippen LogP contribution in [-0.4, -0.2) is 49.7 Å². The van der Waals surface area contributed by atoms with Crippen molar-refractivity contribution in [3.63, 3.8) is 0 Å². The summed E-state index contributed by atoms with van der Waals surface area (Å²) in [6.45, 7) is 2.64. The van der Waals surface area contributed by atoms with Gasteiger partial charge in [0, 0.05) is 19.6 Å². The van der Waals surface area contributed by atoms with Crippen LogP contribution in [-0.2, 0) is 11.2 Å². The normalized spacial score (nSPS) is 19.5. The van der Waals surface area contributed by atoms with Crippen molar-refractivity contribution in [3.8, 4) is 11.5 Å². The van der Waals surface area contributed by atoms with Crippen LogP contribution in [0.25, 0.3) is 0 Å². The highest BCUT2D eigenvalue weighted by atomic mass is 16.6. The van der Waals surface area contributed by atoms with E-state index >= 15 is 0 Å². The Morgan fingerprint density at radius 3 is 2.78 bits per heavy atom. The van der Waals surface area contributed by atoms with E-state index in [1.807, 2.05) is 18.2 Å². The van der Waals surface area contributed by atoms with E-state index in [0.717, 1.165) is 17.1 Å². The molecule has 0 spiro atoms. The zero-order valence-corrected chi connectivity index (χ0v) is 12.9. The van der Waals surface area contributed by atoms with Crippen LogP contribution < -0.4 is 20.5 Å². The summed E-state index contributed by atoms with van der Waals surface area (Å²) in [5, 5.41) is 2.88. The van der Waals surface area contributed by atoms with Crippen molar-refractivity contribution in [1.82, 2.24) is 10.2 Å². The second-order valence-electron chi connectivity index (χ2n) is 5.79. The molecule has 0 saturated carbocycles. The van der Waals surface area contributed by atoms with E-state index in [-0.39, 0.29) is 17.9 Å². The summed E-state index contributed by atoms with van der Waals surface area (Å²) in [6, 6.07) is 5.66. The minimum Gasteiger partial charge on any atom is -0.486 e. The van der Waals surface area contributed by atoms with Crippen molar-refractivity contribution in [2.45, 2.75) is 12.8 Å². The topological polar surface area (TPSA) is 93.9 Å². The fourth-order valence-electron chi connectivity index (χ4n) is 2.85. The zero-order valence-electron chi connectivity index (χ0n) is 12.9. The van der Waals surface area contributed by atoms with E-state index < -0.39 is 0 Å². The second-order valence-corrected chi connectivity index (χ2v) is 5.79. The molecule has 0 aliphatic carbocycles. The van der Waals surface area contributed by atoms with Gasteiger partial charge in [0.1, 0.15) is 13.2 Å². The summed E-state index contributed by atoms with van der Waals surface area (Å²) in [6.07, 6.45) is 1.35. The van der Waals surface area contributed by atoms with E-state index in [1.165, 1.54) is 0 Å². The Labute approximate surface area is 134 Å². The highest BCUT2D eigenvalue weighted by Gasteiger charge is 2.29. The number of nitrogens with zero attached hydrogens (tertiary/aromatic N) is 1. The largest absolute Gasteiger partial charge is 0.486 e. The van der Waals surface area contributed by atoms with Gasteiger partial charge in [-0.15, -0.1) is 0 Å². The Bertz CT molecular complexity index is 605. The predicted octanol–water partition coefficient (Wildman–Crippen LogP) is 0.517. The van der Waals surface area contributed by atoms with Crippen molar-refractivity contribution in [2.24, 2.45) is 11.7 Å². The molecule has 1 atom stereocenters. The van der Waals surface area contributed by atoms with E-state index in [1.54, 1.807) is 4.90 Å². The number of nitrogens with two attached hydrogens (primary N) is 1. The third-order valence-electron chi connectivity index (χ3n) is 4.17. The van der Waals surface area contributed by atoms with E-state index in [0.29, 0.717) is 45.7 Å². The van der Waals surface area contributed by atoms with Crippen LogP contribution in [0.3, 0.4) is 0 Å². The lowest BCUT2D eigenvalue weighted by Crippen LogP contribution is -2.40. The molecule has 1 saturated heterocycles. The Hall–Kier alpha value is -2.44. The number of fused-ring (bicyclic) bond motifs is 1. The minimum absolute atomic E-state index is 0.147. The van der Waals surface area contributed by atoms with E-state index in [4.69, 9.17) is 15.2 Å². The number of carbonyl (C=O) groups is 2. The monoisotopic (exact) mass is 319 g/mol. The van der Waals surface area contributed by atoms with Crippen LogP contribution in [0.5, 0.6) is 11.5 Å². The quantitative estimate of drug-likeness (QED) is 0.846. The molecule has 1 aromatic rings. The number of ether oxygens (including phenoxy) is 2. The Kier molecular flexibility index (Phi) is 4.55. The molecule has 124 valence electrons. The smallest absolute Gasteiger partial charge is 0.317 e. The lowest BCUT2D eigenvalue weighted by molar-refractivity contribution is -0.121.